The summed E-state index contributed by atoms with van der Waals surface area (Å²) in [5, 5.41) is 3.01. The van der Waals surface area contributed by atoms with Gasteiger partial charge in [-0.25, -0.2) is 8.78 Å². The number of rotatable bonds is 6. The highest BCUT2D eigenvalue weighted by molar-refractivity contribution is 5.95. The average Bonchev–Trinajstić information content (AvgIpc) is 2.84. The Morgan fingerprint density at radius 1 is 0.788 bits per heavy atom. The Kier molecular flexibility index (Phi) is 7.10. The zero-order chi connectivity index (χ0) is 23.2. The molecule has 0 bridgehead atoms. The van der Waals surface area contributed by atoms with Crippen molar-refractivity contribution in [1.82, 2.24) is 15.1 Å². The Morgan fingerprint density at radius 2 is 1.36 bits per heavy atom. The van der Waals surface area contributed by atoms with E-state index >= 15 is 0 Å². The summed E-state index contributed by atoms with van der Waals surface area (Å²) in [5.41, 5.74) is 1.31. The van der Waals surface area contributed by atoms with Crippen molar-refractivity contribution < 1.29 is 18.4 Å². The second kappa shape index (κ2) is 10.4. The van der Waals surface area contributed by atoms with Gasteiger partial charge in [0.05, 0.1) is 0 Å². The quantitative estimate of drug-likeness (QED) is 0.623. The molecule has 33 heavy (non-hydrogen) atoms. The maximum atomic E-state index is 14.1. The van der Waals surface area contributed by atoms with Gasteiger partial charge in [0.1, 0.15) is 23.2 Å². The van der Waals surface area contributed by atoms with Crippen molar-refractivity contribution in [2.24, 2.45) is 0 Å². The zero-order valence-corrected chi connectivity index (χ0v) is 18.1. The molecule has 170 valence electrons. The highest BCUT2D eigenvalue weighted by Crippen LogP contribution is 2.24. The first-order valence-corrected chi connectivity index (χ1v) is 10.9. The molecule has 7 heteroatoms. The Bertz CT molecular complexity index is 1080. The molecule has 1 atom stereocenters. The molecule has 0 unspecified atom stereocenters. The second-order valence-electron chi connectivity index (χ2n) is 7.94. The van der Waals surface area contributed by atoms with Gasteiger partial charge in [0.25, 0.3) is 5.91 Å². The molecule has 1 saturated heterocycles. The van der Waals surface area contributed by atoms with Gasteiger partial charge in [0, 0.05) is 32.7 Å². The van der Waals surface area contributed by atoms with Crippen molar-refractivity contribution in [3.8, 4) is 0 Å². The SMILES string of the molecule is O=C(NCc1ccccc1)[C@@H](c1ccccc1)N1CCN(C(=O)c2c(F)cccc2F)CC1. The van der Waals surface area contributed by atoms with Crippen LogP contribution in [0.5, 0.6) is 0 Å². The number of halogens is 2. The van der Waals surface area contributed by atoms with E-state index in [0.717, 1.165) is 23.3 Å². The van der Waals surface area contributed by atoms with Crippen molar-refractivity contribution >= 4 is 11.8 Å². The van der Waals surface area contributed by atoms with Gasteiger partial charge in [-0.3, -0.25) is 14.5 Å². The molecule has 0 radical (unpaired) electrons. The van der Waals surface area contributed by atoms with E-state index in [1.54, 1.807) is 0 Å². The zero-order valence-electron chi connectivity index (χ0n) is 18.1. The van der Waals surface area contributed by atoms with Gasteiger partial charge in [-0.1, -0.05) is 66.7 Å². The summed E-state index contributed by atoms with van der Waals surface area (Å²) in [6.45, 7) is 1.75. The van der Waals surface area contributed by atoms with Crippen LogP contribution in [0.2, 0.25) is 0 Å². The van der Waals surface area contributed by atoms with Gasteiger partial charge < -0.3 is 10.2 Å². The number of hydrogen-bond donors (Lipinski definition) is 1. The van der Waals surface area contributed by atoms with Crippen LogP contribution in [0.3, 0.4) is 0 Å². The van der Waals surface area contributed by atoms with Crippen molar-refractivity contribution in [3.05, 3.63) is 107 Å². The number of nitrogens with zero attached hydrogens (tertiary/aromatic N) is 2. The second-order valence-corrected chi connectivity index (χ2v) is 7.94. The third kappa shape index (κ3) is 5.26. The molecule has 0 aromatic heterocycles. The van der Waals surface area contributed by atoms with Crippen LogP contribution in [0.25, 0.3) is 0 Å². The number of hydrogen-bond acceptors (Lipinski definition) is 3. The Labute approximate surface area is 191 Å². The first kappa shape index (κ1) is 22.6. The van der Waals surface area contributed by atoms with Gasteiger partial charge in [-0.05, 0) is 23.3 Å². The molecule has 1 heterocycles. The number of carbonyl (C=O) groups is 2. The third-order valence-corrected chi connectivity index (χ3v) is 5.82. The number of nitrogens with one attached hydrogen (secondary N) is 1. The standard InChI is InChI=1S/C26H25F2N3O2/c27-21-12-7-13-22(28)23(21)26(33)31-16-14-30(15-17-31)24(20-10-5-2-6-11-20)25(32)29-18-19-8-3-1-4-9-19/h1-13,24H,14-18H2,(H,29,32)/t24-/m1/s1. The summed E-state index contributed by atoms with van der Waals surface area (Å²) in [6.07, 6.45) is 0. The van der Waals surface area contributed by atoms with Gasteiger partial charge in [-0.15, -0.1) is 0 Å². The lowest BCUT2D eigenvalue weighted by molar-refractivity contribution is -0.127. The molecule has 0 saturated carbocycles. The maximum Gasteiger partial charge on any atom is 0.259 e. The number of benzene rings is 3. The van der Waals surface area contributed by atoms with Crippen molar-refractivity contribution in [2.75, 3.05) is 26.2 Å². The van der Waals surface area contributed by atoms with Crippen LogP contribution >= 0.6 is 0 Å². The molecule has 5 nitrogen and oxygen atoms in total. The van der Waals surface area contributed by atoms with Crippen LogP contribution in [-0.2, 0) is 11.3 Å². The summed E-state index contributed by atoms with van der Waals surface area (Å²) in [6, 6.07) is 22.0. The summed E-state index contributed by atoms with van der Waals surface area (Å²) in [4.78, 5) is 29.4. The minimum Gasteiger partial charge on any atom is -0.350 e. The lowest BCUT2D eigenvalue weighted by Gasteiger charge is -2.38. The van der Waals surface area contributed by atoms with Crippen LogP contribution < -0.4 is 5.32 Å². The van der Waals surface area contributed by atoms with E-state index in [1.165, 1.54) is 11.0 Å². The van der Waals surface area contributed by atoms with E-state index in [1.807, 2.05) is 65.6 Å². The van der Waals surface area contributed by atoms with Crippen LogP contribution in [0.4, 0.5) is 8.78 Å². The lowest BCUT2D eigenvalue weighted by atomic mass is 10.0. The maximum absolute atomic E-state index is 14.1. The fraction of sp³-hybridized carbons (Fsp3) is 0.231. The van der Waals surface area contributed by atoms with E-state index in [2.05, 4.69) is 5.32 Å². The fourth-order valence-corrected chi connectivity index (χ4v) is 4.09. The third-order valence-electron chi connectivity index (χ3n) is 5.82. The van der Waals surface area contributed by atoms with Crippen LogP contribution in [-0.4, -0.2) is 47.8 Å². The number of carbonyl (C=O) groups excluding carboxylic acids is 2. The van der Waals surface area contributed by atoms with Crippen LogP contribution in [0.1, 0.15) is 27.5 Å². The van der Waals surface area contributed by atoms with E-state index in [0.29, 0.717) is 19.6 Å². The summed E-state index contributed by atoms with van der Waals surface area (Å²) >= 11 is 0. The Hall–Kier alpha value is -3.58. The molecular weight excluding hydrogens is 424 g/mol. The van der Waals surface area contributed by atoms with Gasteiger partial charge in [0.2, 0.25) is 5.91 Å². The molecular formula is C26H25F2N3O2. The molecule has 4 rings (SSSR count). The van der Waals surface area contributed by atoms with Gasteiger partial charge >= 0.3 is 0 Å². The summed E-state index contributed by atoms with van der Waals surface area (Å²) in [7, 11) is 0. The monoisotopic (exact) mass is 449 g/mol. The van der Waals surface area contributed by atoms with Crippen molar-refractivity contribution in [1.29, 1.82) is 0 Å². The highest BCUT2D eigenvalue weighted by Gasteiger charge is 2.33. The molecule has 3 aromatic rings. The molecule has 2 amide bonds. The molecule has 1 aliphatic heterocycles. The predicted molar refractivity (Wildman–Crippen MR) is 121 cm³/mol. The summed E-state index contributed by atoms with van der Waals surface area (Å²) < 4.78 is 28.1. The number of piperazine rings is 1. The molecule has 1 N–H and O–H groups in total. The van der Waals surface area contributed by atoms with E-state index < -0.39 is 29.1 Å². The largest absolute Gasteiger partial charge is 0.350 e. The minimum atomic E-state index is -0.870. The highest BCUT2D eigenvalue weighted by atomic mass is 19.1. The normalized spacial score (nSPS) is 15.2. The molecule has 0 aliphatic carbocycles. The average molecular weight is 450 g/mol. The predicted octanol–water partition coefficient (Wildman–Crippen LogP) is 3.78. The molecule has 1 aliphatic rings. The Morgan fingerprint density at radius 3 is 1.97 bits per heavy atom. The van der Waals surface area contributed by atoms with Gasteiger partial charge in [-0.2, -0.15) is 0 Å². The van der Waals surface area contributed by atoms with Crippen molar-refractivity contribution in [3.63, 3.8) is 0 Å². The van der Waals surface area contributed by atoms with E-state index in [-0.39, 0.29) is 19.0 Å². The van der Waals surface area contributed by atoms with Crippen LogP contribution in [0, 0.1) is 11.6 Å². The smallest absolute Gasteiger partial charge is 0.259 e. The molecule has 1 fully saturated rings. The molecule has 3 aromatic carbocycles. The summed E-state index contributed by atoms with van der Waals surface area (Å²) in [5.74, 6) is -2.55. The lowest BCUT2D eigenvalue weighted by Crippen LogP contribution is -2.52. The van der Waals surface area contributed by atoms with Gasteiger partial charge in [0.15, 0.2) is 0 Å². The first-order chi connectivity index (χ1) is 16.0. The van der Waals surface area contributed by atoms with Crippen molar-refractivity contribution in [2.45, 2.75) is 12.6 Å². The number of amides is 2. The Balaban J connectivity index is 1.46. The topological polar surface area (TPSA) is 52.7 Å². The molecule has 0 spiro atoms. The van der Waals surface area contributed by atoms with E-state index in [9.17, 15) is 18.4 Å². The first-order valence-electron chi connectivity index (χ1n) is 10.9. The van der Waals surface area contributed by atoms with Crippen LogP contribution in [0.15, 0.2) is 78.9 Å². The fourth-order valence-electron chi connectivity index (χ4n) is 4.09. The minimum absolute atomic E-state index is 0.134. The van der Waals surface area contributed by atoms with E-state index in [4.69, 9.17) is 0 Å².